The molecule has 0 aromatic heterocycles. The molecule has 1 aliphatic heterocycles. The molecular weight excluding hydrogens is 234 g/mol. The number of hydrogen-bond acceptors (Lipinski definition) is 4. The standard InChI is InChI=1S/C12H23N3O3/c1-3-5-9(13)12(17)15-6-7-18-8-10(15)11(16)14-4-2/h9-10H,3-8,13H2,1-2H3,(H,14,16). The third-order valence-corrected chi connectivity index (χ3v) is 2.98. The molecule has 1 fully saturated rings. The number of nitrogens with zero attached hydrogens (tertiary/aromatic N) is 1. The highest BCUT2D eigenvalue weighted by molar-refractivity contribution is 5.90. The molecule has 0 radical (unpaired) electrons. The maximum absolute atomic E-state index is 12.2. The summed E-state index contributed by atoms with van der Waals surface area (Å²) in [7, 11) is 0. The lowest BCUT2D eigenvalue weighted by atomic mass is 10.1. The SMILES string of the molecule is CCCC(N)C(=O)N1CCOCC1C(=O)NCC. The van der Waals surface area contributed by atoms with E-state index in [2.05, 4.69) is 5.32 Å². The molecule has 0 aliphatic carbocycles. The Morgan fingerprint density at radius 2 is 2.22 bits per heavy atom. The van der Waals surface area contributed by atoms with Crippen molar-refractivity contribution in [2.24, 2.45) is 5.73 Å². The van der Waals surface area contributed by atoms with Crippen LogP contribution >= 0.6 is 0 Å². The fourth-order valence-electron chi connectivity index (χ4n) is 2.02. The second-order valence-electron chi connectivity index (χ2n) is 4.41. The van der Waals surface area contributed by atoms with Gasteiger partial charge in [0.15, 0.2) is 0 Å². The first-order valence-electron chi connectivity index (χ1n) is 6.53. The molecule has 3 N–H and O–H groups in total. The fourth-order valence-corrected chi connectivity index (χ4v) is 2.02. The number of likely N-dealkylation sites (N-methyl/N-ethyl adjacent to an activating group) is 1. The van der Waals surface area contributed by atoms with Gasteiger partial charge in [0, 0.05) is 13.1 Å². The van der Waals surface area contributed by atoms with Gasteiger partial charge in [0.25, 0.3) is 0 Å². The molecule has 0 spiro atoms. The van der Waals surface area contributed by atoms with Crippen molar-refractivity contribution in [2.45, 2.75) is 38.8 Å². The van der Waals surface area contributed by atoms with E-state index in [1.54, 1.807) is 4.90 Å². The lowest BCUT2D eigenvalue weighted by molar-refractivity contribution is -0.149. The number of nitrogens with two attached hydrogens (primary N) is 1. The monoisotopic (exact) mass is 257 g/mol. The molecule has 6 heteroatoms. The van der Waals surface area contributed by atoms with Gasteiger partial charge in [0.05, 0.1) is 19.3 Å². The Bertz CT molecular complexity index is 296. The van der Waals surface area contributed by atoms with Crippen LogP contribution in [0.25, 0.3) is 0 Å². The number of rotatable bonds is 5. The summed E-state index contributed by atoms with van der Waals surface area (Å²) in [6.45, 7) is 5.50. The van der Waals surface area contributed by atoms with E-state index in [0.717, 1.165) is 6.42 Å². The van der Waals surface area contributed by atoms with Crippen LogP contribution in [0.15, 0.2) is 0 Å². The summed E-state index contributed by atoms with van der Waals surface area (Å²) in [6.07, 6.45) is 1.49. The molecule has 0 aromatic carbocycles. The molecule has 0 bridgehead atoms. The van der Waals surface area contributed by atoms with Crippen LogP contribution < -0.4 is 11.1 Å². The molecule has 1 saturated heterocycles. The maximum atomic E-state index is 12.2. The fraction of sp³-hybridized carbons (Fsp3) is 0.833. The Balaban J connectivity index is 2.69. The van der Waals surface area contributed by atoms with Crippen LogP contribution in [0.5, 0.6) is 0 Å². The van der Waals surface area contributed by atoms with Crippen LogP contribution in [0.3, 0.4) is 0 Å². The highest BCUT2D eigenvalue weighted by Crippen LogP contribution is 2.10. The normalized spacial score (nSPS) is 21.5. The van der Waals surface area contributed by atoms with Gasteiger partial charge < -0.3 is 20.7 Å². The van der Waals surface area contributed by atoms with Gasteiger partial charge in [-0.25, -0.2) is 0 Å². The van der Waals surface area contributed by atoms with Crippen molar-refractivity contribution >= 4 is 11.8 Å². The second kappa shape index (κ2) is 7.33. The van der Waals surface area contributed by atoms with E-state index in [-0.39, 0.29) is 18.4 Å². The zero-order valence-corrected chi connectivity index (χ0v) is 11.1. The first-order chi connectivity index (χ1) is 8.61. The quantitative estimate of drug-likeness (QED) is 0.694. The van der Waals surface area contributed by atoms with Gasteiger partial charge in [0.2, 0.25) is 11.8 Å². The highest BCUT2D eigenvalue weighted by atomic mass is 16.5. The Labute approximate surface area is 108 Å². The molecule has 2 atom stereocenters. The Hall–Kier alpha value is -1.14. The van der Waals surface area contributed by atoms with Gasteiger partial charge in [-0.05, 0) is 13.3 Å². The second-order valence-corrected chi connectivity index (χ2v) is 4.41. The number of morpholine rings is 1. The largest absolute Gasteiger partial charge is 0.377 e. The lowest BCUT2D eigenvalue weighted by Gasteiger charge is -2.35. The highest BCUT2D eigenvalue weighted by Gasteiger charge is 2.34. The van der Waals surface area contributed by atoms with Crippen molar-refractivity contribution in [3.05, 3.63) is 0 Å². The Kier molecular flexibility index (Phi) is 6.07. The van der Waals surface area contributed by atoms with Crippen molar-refractivity contribution in [1.29, 1.82) is 0 Å². The average Bonchev–Trinajstić information content (AvgIpc) is 2.38. The number of ether oxygens (including phenoxy) is 1. The first kappa shape index (κ1) is 14.9. The first-order valence-corrected chi connectivity index (χ1v) is 6.53. The van der Waals surface area contributed by atoms with E-state index in [1.165, 1.54) is 0 Å². The molecule has 6 nitrogen and oxygen atoms in total. The van der Waals surface area contributed by atoms with E-state index < -0.39 is 12.1 Å². The molecule has 18 heavy (non-hydrogen) atoms. The summed E-state index contributed by atoms with van der Waals surface area (Å²) < 4.78 is 5.27. The Morgan fingerprint density at radius 3 is 2.83 bits per heavy atom. The Morgan fingerprint density at radius 1 is 1.50 bits per heavy atom. The minimum absolute atomic E-state index is 0.156. The number of carbonyl (C=O) groups excluding carboxylic acids is 2. The zero-order chi connectivity index (χ0) is 13.5. The summed E-state index contributed by atoms with van der Waals surface area (Å²) in [6, 6.07) is -1.07. The van der Waals surface area contributed by atoms with E-state index >= 15 is 0 Å². The smallest absolute Gasteiger partial charge is 0.245 e. The lowest BCUT2D eigenvalue weighted by Crippen LogP contribution is -2.59. The number of nitrogens with one attached hydrogen (secondary N) is 1. The summed E-state index contributed by atoms with van der Waals surface area (Å²) in [5.41, 5.74) is 5.83. The predicted molar refractivity (Wildman–Crippen MR) is 67.9 cm³/mol. The zero-order valence-electron chi connectivity index (χ0n) is 11.1. The number of amides is 2. The van der Waals surface area contributed by atoms with Crippen molar-refractivity contribution in [3.63, 3.8) is 0 Å². The minimum Gasteiger partial charge on any atom is -0.377 e. The van der Waals surface area contributed by atoms with Gasteiger partial charge in [-0.1, -0.05) is 13.3 Å². The van der Waals surface area contributed by atoms with Crippen molar-refractivity contribution < 1.29 is 14.3 Å². The van der Waals surface area contributed by atoms with Gasteiger partial charge in [-0.3, -0.25) is 9.59 Å². The molecular formula is C12H23N3O3. The third kappa shape index (κ3) is 3.68. The summed E-state index contributed by atoms with van der Waals surface area (Å²) >= 11 is 0. The van der Waals surface area contributed by atoms with Gasteiger partial charge >= 0.3 is 0 Å². The molecule has 1 aliphatic rings. The summed E-state index contributed by atoms with van der Waals surface area (Å²) in [5.74, 6) is -0.328. The molecule has 2 unspecified atom stereocenters. The van der Waals surface area contributed by atoms with Crippen LogP contribution in [-0.2, 0) is 14.3 Å². The molecule has 2 amide bonds. The summed E-state index contributed by atoms with van der Waals surface area (Å²) in [4.78, 5) is 25.6. The van der Waals surface area contributed by atoms with E-state index in [0.29, 0.717) is 26.1 Å². The van der Waals surface area contributed by atoms with Crippen molar-refractivity contribution in [1.82, 2.24) is 10.2 Å². The van der Waals surface area contributed by atoms with Crippen LogP contribution in [0.4, 0.5) is 0 Å². The van der Waals surface area contributed by atoms with Gasteiger partial charge in [-0.2, -0.15) is 0 Å². The van der Waals surface area contributed by atoms with Crippen molar-refractivity contribution in [3.8, 4) is 0 Å². The van der Waals surface area contributed by atoms with Gasteiger partial charge in [-0.15, -0.1) is 0 Å². The number of carbonyl (C=O) groups is 2. The molecule has 0 aromatic rings. The topological polar surface area (TPSA) is 84.7 Å². The van der Waals surface area contributed by atoms with Crippen LogP contribution in [0, 0.1) is 0 Å². The van der Waals surface area contributed by atoms with Crippen LogP contribution in [0.2, 0.25) is 0 Å². The average molecular weight is 257 g/mol. The van der Waals surface area contributed by atoms with Crippen LogP contribution in [-0.4, -0.2) is 55.1 Å². The molecule has 0 saturated carbocycles. The van der Waals surface area contributed by atoms with E-state index in [1.807, 2.05) is 13.8 Å². The molecule has 104 valence electrons. The predicted octanol–water partition coefficient (Wildman–Crippen LogP) is -0.523. The van der Waals surface area contributed by atoms with E-state index in [9.17, 15) is 9.59 Å². The maximum Gasteiger partial charge on any atom is 0.245 e. The third-order valence-electron chi connectivity index (χ3n) is 2.98. The summed E-state index contributed by atoms with van der Waals surface area (Å²) in [5, 5.41) is 2.72. The van der Waals surface area contributed by atoms with Crippen molar-refractivity contribution in [2.75, 3.05) is 26.3 Å². The van der Waals surface area contributed by atoms with Crippen LogP contribution in [0.1, 0.15) is 26.7 Å². The molecule has 1 heterocycles. The number of hydrogen-bond donors (Lipinski definition) is 2. The van der Waals surface area contributed by atoms with Gasteiger partial charge in [0.1, 0.15) is 6.04 Å². The minimum atomic E-state index is -0.547. The van der Waals surface area contributed by atoms with E-state index in [4.69, 9.17) is 10.5 Å². The molecule has 1 rings (SSSR count).